The normalized spacial score (nSPS) is 12.9. The highest BCUT2D eigenvalue weighted by atomic mass is 32.2. The lowest BCUT2D eigenvalue weighted by Gasteiger charge is -2.15. The van der Waals surface area contributed by atoms with E-state index in [0.717, 1.165) is 4.57 Å². The van der Waals surface area contributed by atoms with Crippen molar-refractivity contribution in [3.05, 3.63) is 38.4 Å². The molecule has 0 fully saturated rings. The molecule has 0 radical (unpaired) electrons. The summed E-state index contributed by atoms with van der Waals surface area (Å²) in [7, 11) is 1.47. The summed E-state index contributed by atoms with van der Waals surface area (Å²) in [5.74, 6) is 1.70. The Bertz CT molecular complexity index is 1110. The number of nitrogens with zero attached hydrogens (tertiary/aromatic N) is 6. The van der Waals surface area contributed by atoms with Crippen LogP contribution in [0.15, 0.2) is 19.1 Å². The summed E-state index contributed by atoms with van der Waals surface area (Å²) in [6, 6.07) is 0. The Balaban J connectivity index is 2.23. The van der Waals surface area contributed by atoms with Gasteiger partial charge in [0.1, 0.15) is 16.2 Å². The van der Waals surface area contributed by atoms with Gasteiger partial charge in [0.25, 0.3) is 5.56 Å². The number of fused-ring (bicyclic) bond motifs is 1. The van der Waals surface area contributed by atoms with Crippen LogP contribution in [-0.2, 0) is 13.6 Å². The summed E-state index contributed by atoms with van der Waals surface area (Å²) in [5.41, 5.74) is -0.428. The molecule has 0 amide bonds. The van der Waals surface area contributed by atoms with E-state index in [1.54, 1.807) is 18.4 Å². The van der Waals surface area contributed by atoms with Crippen LogP contribution in [0.1, 0.15) is 43.6 Å². The molecule has 0 saturated heterocycles. The highest BCUT2D eigenvalue weighted by molar-refractivity contribution is 7.99. The summed E-state index contributed by atoms with van der Waals surface area (Å²) >= 11 is 1.33. The predicted molar refractivity (Wildman–Crippen MR) is 102 cm³/mol. The zero-order valence-electron chi connectivity index (χ0n) is 16.2. The lowest BCUT2D eigenvalue weighted by Crippen LogP contribution is -2.39. The van der Waals surface area contributed by atoms with Crippen molar-refractivity contribution in [2.45, 2.75) is 51.4 Å². The van der Waals surface area contributed by atoms with Gasteiger partial charge in [-0.2, -0.15) is 4.98 Å². The Morgan fingerprint density at radius 3 is 2.37 bits per heavy atom. The molecule has 0 aliphatic heterocycles. The fourth-order valence-electron chi connectivity index (χ4n) is 2.75. The average molecular weight is 390 g/mol. The highest BCUT2D eigenvalue weighted by Gasteiger charge is 2.22. The quantitative estimate of drug-likeness (QED) is 0.481. The summed E-state index contributed by atoms with van der Waals surface area (Å²) < 4.78 is 7.88. The van der Waals surface area contributed by atoms with Crippen molar-refractivity contribution < 1.29 is 4.52 Å². The molecule has 3 aromatic rings. The fourth-order valence-corrected chi connectivity index (χ4v) is 3.77. The number of hydrogen-bond donors (Lipinski definition) is 0. The second-order valence-electron chi connectivity index (χ2n) is 6.87. The molecule has 1 atom stereocenters. The van der Waals surface area contributed by atoms with Gasteiger partial charge in [0.05, 0.1) is 5.25 Å². The Labute approximate surface area is 159 Å². The lowest BCUT2D eigenvalue weighted by molar-refractivity contribution is 0.376. The first-order valence-corrected chi connectivity index (χ1v) is 9.52. The Morgan fingerprint density at radius 2 is 1.78 bits per heavy atom. The second-order valence-corrected chi connectivity index (χ2v) is 8.20. The topological polar surface area (TPSA) is 109 Å². The van der Waals surface area contributed by atoms with E-state index in [9.17, 15) is 9.59 Å². The van der Waals surface area contributed by atoms with Crippen LogP contribution in [0.25, 0.3) is 11.0 Å². The van der Waals surface area contributed by atoms with Gasteiger partial charge in [0, 0.05) is 13.6 Å². The smallest absolute Gasteiger partial charge is 0.332 e. The molecule has 0 saturated carbocycles. The molecule has 3 aromatic heterocycles. The van der Waals surface area contributed by atoms with Crippen LogP contribution in [-0.4, -0.2) is 29.2 Å². The van der Waals surface area contributed by atoms with E-state index >= 15 is 0 Å². The first kappa shape index (κ1) is 19.3. The minimum atomic E-state index is -0.411. The Morgan fingerprint density at radius 1 is 1.07 bits per heavy atom. The fraction of sp³-hybridized carbons (Fsp3) is 0.529. The van der Waals surface area contributed by atoms with Crippen molar-refractivity contribution in [1.29, 1.82) is 0 Å². The van der Waals surface area contributed by atoms with Gasteiger partial charge in [-0.15, -0.1) is 0 Å². The molecule has 1 unspecified atom stereocenters. The van der Waals surface area contributed by atoms with Crippen LogP contribution in [0.3, 0.4) is 0 Å². The third-order valence-corrected chi connectivity index (χ3v) is 5.06. The van der Waals surface area contributed by atoms with Gasteiger partial charge in [-0.3, -0.25) is 13.9 Å². The van der Waals surface area contributed by atoms with E-state index in [2.05, 4.69) is 20.1 Å². The molecule has 0 aliphatic carbocycles. The van der Waals surface area contributed by atoms with E-state index in [0.29, 0.717) is 40.1 Å². The van der Waals surface area contributed by atoms with Crippen molar-refractivity contribution in [2.24, 2.45) is 13.0 Å². The zero-order valence-corrected chi connectivity index (χ0v) is 17.0. The molecule has 3 rings (SSSR count). The van der Waals surface area contributed by atoms with Gasteiger partial charge in [0.2, 0.25) is 5.89 Å². The molecule has 0 bridgehead atoms. The second kappa shape index (κ2) is 7.26. The van der Waals surface area contributed by atoms with Gasteiger partial charge in [-0.25, -0.2) is 14.8 Å². The molecule has 27 heavy (non-hydrogen) atoms. The average Bonchev–Trinajstić information content (AvgIpc) is 3.02. The third-order valence-electron chi connectivity index (χ3n) is 3.99. The summed E-state index contributed by atoms with van der Waals surface area (Å²) in [6.45, 7) is 9.86. The SMILES string of the molecule is Cc1noc(C(C)Sc2nc(C)nc3c2c(=O)n(C)c(=O)n3CC(C)C)n1. The molecule has 0 N–H and O–H groups in total. The monoisotopic (exact) mass is 390 g/mol. The molecular weight excluding hydrogens is 368 g/mol. The molecular formula is C17H22N6O3S. The van der Waals surface area contributed by atoms with E-state index in [4.69, 9.17) is 4.52 Å². The summed E-state index contributed by atoms with van der Waals surface area (Å²) in [5, 5.41) is 4.43. The number of rotatable bonds is 5. The van der Waals surface area contributed by atoms with Gasteiger partial charge in [0.15, 0.2) is 11.5 Å². The largest absolute Gasteiger partial charge is 0.338 e. The standard InChI is InChI=1S/C17H22N6O3S/c1-8(2)7-23-13-12(16(24)22(6)17(23)25)15(20-10(4)18-13)27-9(3)14-19-11(5)21-26-14/h8-9H,7H2,1-6H3. The third kappa shape index (κ3) is 3.66. The van der Waals surface area contributed by atoms with Gasteiger partial charge >= 0.3 is 5.69 Å². The molecule has 0 aromatic carbocycles. The highest BCUT2D eigenvalue weighted by Crippen LogP contribution is 2.35. The van der Waals surface area contributed by atoms with Crippen LogP contribution in [0.4, 0.5) is 0 Å². The minimum Gasteiger partial charge on any atom is -0.338 e. The first-order chi connectivity index (χ1) is 12.7. The maximum Gasteiger partial charge on any atom is 0.332 e. The minimum absolute atomic E-state index is 0.209. The molecule has 9 nitrogen and oxygen atoms in total. The van der Waals surface area contributed by atoms with E-state index in [1.807, 2.05) is 20.8 Å². The first-order valence-electron chi connectivity index (χ1n) is 8.64. The molecule has 0 spiro atoms. The molecule has 10 heteroatoms. The van der Waals surface area contributed by atoms with Gasteiger partial charge < -0.3 is 4.52 Å². The summed E-state index contributed by atoms with van der Waals surface area (Å²) in [4.78, 5) is 38.6. The van der Waals surface area contributed by atoms with E-state index in [-0.39, 0.29) is 16.9 Å². The molecule has 3 heterocycles. The van der Waals surface area contributed by atoms with Crippen molar-refractivity contribution in [1.82, 2.24) is 29.2 Å². The molecule has 0 aliphatic rings. The Hall–Kier alpha value is -2.49. The van der Waals surface area contributed by atoms with Crippen LogP contribution >= 0.6 is 11.8 Å². The van der Waals surface area contributed by atoms with Crippen molar-refractivity contribution in [2.75, 3.05) is 0 Å². The van der Waals surface area contributed by atoms with Gasteiger partial charge in [-0.05, 0) is 26.7 Å². The predicted octanol–water partition coefficient (Wildman–Crippen LogP) is 2.00. The van der Waals surface area contributed by atoms with Crippen molar-refractivity contribution in [3.63, 3.8) is 0 Å². The van der Waals surface area contributed by atoms with Crippen molar-refractivity contribution >= 4 is 22.8 Å². The van der Waals surface area contributed by atoms with Gasteiger partial charge in [-0.1, -0.05) is 30.8 Å². The number of aryl methyl sites for hydroxylation is 2. The van der Waals surface area contributed by atoms with Crippen LogP contribution < -0.4 is 11.2 Å². The van der Waals surface area contributed by atoms with E-state index < -0.39 is 5.56 Å². The van der Waals surface area contributed by atoms with Crippen LogP contribution in [0.2, 0.25) is 0 Å². The molecule has 144 valence electrons. The maximum absolute atomic E-state index is 12.8. The maximum atomic E-state index is 12.8. The van der Waals surface area contributed by atoms with Crippen LogP contribution in [0, 0.1) is 19.8 Å². The summed E-state index contributed by atoms with van der Waals surface area (Å²) in [6.07, 6.45) is 0. The van der Waals surface area contributed by atoms with Crippen LogP contribution in [0.5, 0.6) is 0 Å². The number of thioether (sulfide) groups is 1. The number of hydrogen-bond acceptors (Lipinski definition) is 8. The Kier molecular flexibility index (Phi) is 5.18. The zero-order chi connectivity index (χ0) is 19.9. The van der Waals surface area contributed by atoms with Crippen molar-refractivity contribution in [3.8, 4) is 0 Å². The lowest BCUT2D eigenvalue weighted by atomic mass is 10.2. The van der Waals surface area contributed by atoms with E-state index in [1.165, 1.54) is 18.8 Å². The number of aromatic nitrogens is 6.